The number of halogens is 1. The number of hydrogen-bond donors (Lipinski definition) is 0. The molecule has 1 aliphatic carbocycles. The van der Waals surface area contributed by atoms with Crippen molar-refractivity contribution in [1.82, 2.24) is 15.0 Å². The van der Waals surface area contributed by atoms with Crippen LogP contribution < -0.4 is 0 Å². The molecule has 23 heavy (non-hydrogen) atoms. The maximum atomic E-state index is 12.5. The number of hydrogen-bond acceptors (Lipinski definition) is 5. The molecule has 1 atom stereocenters. The lowest BCUT2D eigenvalue weighted by molar-refractivity contribution is -0.0646. The first-order valence-corrected chi connectivity index (χ1v) is 8.28. The molecule has 0 unspecified atom stereocenters. The van der Waals surface area contributed by atoms with Crippen molar-refractivity contribution in [1.29, 1.82) is 0 Å². The predicted octanol–water partition coefficient (Wildman–Crippen LogP) is 2.98. The zero-order valence-corrected chi connectivity index (χ0v) is 14.6. The van der Waals surface area contributed by atoms with E-state index in [0.29, 0.717) is 10.3 Å². The Labute approximate surface area is 142 Å². The van der Waals surface area contributed by atoms with E-state index in [1.807, 2.05) is 37.3 Å². The third kappa shape index (κ3) is 3.30. The van der Waals surface area contributed by atoms with Gasteiger partial charge in [-0.3, -0.25) is 0 Å². The van der Waals surface area contributed by atoms with Crippen molar-refractivity contribution in [2.75, 3.05) is 7.11 Å². The van der Waals surface area contributed by atoms with Crippen LogP contribution in [0.4, 0.5) is 0 Å². The van der Waals surface area contributed by atoms with Gasteiger partial charge in [-0.25, -0.2) is 9.48 Å². The molecule has 6 nitrogen and oxygen atoms in total. The van der Waals surface area contributed by atoms with Gasteiger partial charge in [0.15, 0.2) is 10.3 Å². The number of carbonyl (C=O) groups is 1. The summed E-state index contributed by atoms with van der Waals surface area (Å²) in [7, 11) is 1.67. The van der Waals surface area contributed by atoms with E-state index in [4.69, 9.17) is 9.47 Å². The molecule has 1 fully saturated rings. The largest absolute Gasteiger partial charge is 0.457 e. The minimum Gasteiger partial charge on any atom is -0.457 e. The molecule has 0 bridgehead atoms. The van der Waals surface area contributed by atoms with E-state index in [2.05, 4.69) is 26.2 Å². The van der Waals surface area contributed by atoms with Crippen LogP contribution in [-0.4, -0.2) is 40.3 Å². The number of rotatable bonds is 5. The number of aromatic nitrogens is 3. The highest BCUT2D eigenvalue weighted by atomic mass is 79.9. The molecule has 1 aliphatic rings. The highest BCUT2D eigenvalue weighted by Crippen LogP contribution is 2.28. The molecule has 1 saturated carbocycles. The maximum Gasteiger partial charge on any atom is 0.359 e. The van der Waals surface area contributed by atoms with Crippen LogP contribution in [0.25, 0.3) is 0 Å². The zero-order valence-electron chi connectivity index (χ0n) is 13.0. The van der Waals surface area contributed by atoms with Gasteiger partial charge >= 0.3 is 5.97 Å². The fourth-order valence-corrected chi connectivity index (χ4v) is 3.02. The van der Waals surface area contributed by atoms with Gasteiger partial charge in [0.2, 0.25) is 0 Å². The van der Waals surface area contributed by atoms with Gasteiger partial charge in [-0.1, -0.05) is 35.5 Å². The van der Waals surface area contributed by atoms with Crippen LogP contribution in [0.3, 0.4) is 0 Å². The molecule has 0 saturated heterocycles. The van der Waals surface area contributed by atoms with Crippen LogP contribution >= 0.6 is 15.9 Å². The molecular weight excluding hydrogens is 362 g/mol. The Morgan fingerprint density at radius 3 is 2.65 bits per heavy atom. The molecule has 0 aliphatic heterocycles. The van der Waals surface area contributed by atoms with Crippen LogP contribution in [0.5, 0.6) is 0 Å². The van der Waals surface area contributed by atoms with Crippen LogP contribution in [0.2, 0.25) is 0 Å². The van der Waals surface area contributed by atoms with E-state index in [1.54, 1.807) is 11.8 Å². The topological polar surface area (TPSA) is 66.2 Å². The van der Waals surface area contributed by atoms with Crippen LogP contribution in [0.15, 0.2) is 34.9 Å². The van der Waals surface area contributed by atoms with Crippen LogP contribution in [-0.2, 0) is 9.47 Å². The molecule has 122 valence electrons. The van der Waals surface area contributed by atoms with Crippen molar-refractivity contribution in [3.63, 3.8) is 0 Å². The fourth-order valence-electron chi connectivity index (χ4n) is 2.61. The molecule has 1 aromatic carbocycles. The summed E-state index contributed by atoms with van der Waals surface area (Å²) in [6, 6.07) is 9.72. The predicted molar refractivity (Wildman–Crippen MR) is 87.2 cm³/mol. The number of methoxy groups -OCH3 is 1. The summed E-state index contributed by atoms with van der Waals surface area (Å²) >= 11 is 3.29. The van der Waals surface area contributed by atoms with Gasteiger partial charge in [-0.2, -0.15) is 0 Å². The molecule has 1 aromatic heterocycles. The molecule has 0 radical (unpaired) electrons. The second-order valence-corrected chi connectivity index (χ2v) is 6.37. The summed E-state index contributed by atoms with van der Waals surface area (Å²) in [6.45, 7) is 1.97. The SMILES string of the molecule is COC1CC(OC(=O)c2c(Br)nnn2[C@H](C)c2ccccc2)C1. The number of ether oxygens (including phenoxy) is 2. The monoisotopic (exact) mass is 379 g/mol. The van der Waals surface area contributed by atoms with Gasteiger partial charge in [0, 0.05) is 20.0 Å². The molecule has 0 N–H and O–H groups in total. The van der Waals surface area contributed by atoms with Crippen LogP contribution in [0.1, 0.15) is 41.9 Å². The van der Waals surface area contributed by atoms with Gasteiger partial charge < -0.3 is 9.47 Å². The summed E-state index contributed by atoms with van der Waals surface area (Å²) in [4.78, 5) is 12.5. The lowest BCUT2D eigenvalue weighted by Crippen LogP contribution is -2.38. The molecule has 3 rings (SSSR count). The minimum atomic E-state index is -0.413. The highest BCUT2D eigenvalue weighted by Gasteiger charge is 2.34. The van der Waals surface area contributed by atoms with E-state index < -0.39 is 5.97 Å². The van der Waals surface area contributed by atoms with Crippen molar-refractivity contribution >= 4 is 21.9 Å². The van der Waals surface area contributed by atoms with Crippen molar-refractivity contribution in [3.05, 3.63) is 46.2 Å². The second kappa shape index (κ2) is 6.80. The van der Waals surface area contributed by atoms with Crippen molar-refractivity contribution in [2.24, 2.45) is 0 Å². The Hall–Kier alpha value is -1.73. The summed E-state index contributed by atoms with van der Waals surface area (Å²) in [5.41, 5.74) is 1.38. The lowest BCUT2D eigenvalue weighted by atomic mass is 9.92. The Balaban J connectivity index is 1.77. The van der Waals surface area contributed by atoms with Gasteiger partial charge in [0.05, 0.1) is 12.1 Å². The molecule has 0 spiro atoms. The van der Waals surface area contributed by atoms with Crippen molar-refractivity contribution < 1.29 is 14.3 Å². The van der Waals surface area contributed by atoms with Gasteiger partial charge in [-0.05, 0) is 28.4 Å². The lowest BCUT2D eigenvalue weighted by Gasteiger charge is -2.33. The zero-order chi connectivity index (χ0) is 16.4. The molecule has 2 aromatic rings. The summed E-state index contributed by atoms with van der Waals surface area (Å²) in [6.07, 6.45) is 1.54. The fraction of sp³-hybridized carbons (Fsp3) is 0.438. The third-order valence-corrected chi connectivity index (χ3v) is 4.69. The van der Waals surface area contributed by atoms with Crippen LogP contribution in [0, 0.1) is 0 Å². The number of carbonyl (C=O) groups excluding carboxylic acids is 1. The Kier molecular flexibility index (Phi) is 4.77. The normalized spacial score (nSPS) is 21.5. The average Bonchev–Trinajstić information content (AvgIpc) is 2.92. The average molecular weight is 380 g/mol. The molecule has 0 amide bonds. The summed E-state index contributed by atoms with van der Waals surface area (Å²) in [5.74, 6) is -0.413. The van der Waals surface area contributed by atoms with Gasteiger partial charge in [-0.15, -0.1) is 5.10 Å². The third-order valence-electron chi connectivity index (χ3n) is 4.15. The smallest absolute Gasteiger partial charge is 0.359 e. The first-order chi connectivity index (χ1) is 11.1. The Morgan fingerprint density at radius 1 is 1.30 bits per heavy atom. The Morgan fingerprint density at radius 2 is 2.00 bits per heavy atom. The number of benzene rings is 1. The molecule has 1 heterocycles. The molecule has 7 heteroatoms. The van der Waals surface area contributed by atoms with E-state index in [9.17, 15) is 4.79 Å². The Bertz CT molecular complexity index is 683. The minimum absolute atomic E-state index is 0.102. The number of esters is 1. The second-order valence-electron chi connectivity index (χ2n) is 5.62. The summed E-state index contributed by atoms with van der Waals surface area (Å²) < 4.78 is 12.7. The first kappa shape index (κ1) is 16.1. The van der Waals surface area contributed by atoms with E-state index in [-0.39, 0.29) is 18.2 Å². The highest BCUT2D eigenvalue weighted by molar-refractivity contribution is 9.10. The van der Waals surface area contributed by atoms with Crippen molar-refractivity contribution in [3.8, 4) is 0 Å². The van der Waals surface area contributed by atoms with Crippen molar-refractivity contribution in [2.45, 2.75) is 38.0 Å². The van der Waals surface area contributed by atoms with Gasteiger partial charge in [0.25, 0.3) is 0 Å². The maximum absolute atomic E-state index is 12.5. The van der Waals surface area contributed by atoms with Gasteiger partial charge in [0.1, 0.15) is 6.10 Å². The van der Waals surface area contributed by atoms with E-state index >= 15 is 0 Å². The standard InChI is InChI=1S/C16H18BrN3O3/c1-10(11-6-4-3-5-7-11)20-14(15(17)18-19-20)16(21)23-13-8-12(9-13)22-2/h3-7,10,12-13H,8-9H2,1-2H3/t10-,12?,13?/m1/s1. The van der Waals surface area contributed by atoms with E-state index in [1.165, 1.54) is 0 Å². The first-order valence-electron chi connectivity index (χ1n) is 7.49. The van der Waals surface area contributed by atoms with E-state index in [0.717, 1.165) is 18.4 Å². The quantitative estimate of drug-likeness (QED) is 0.747. The summed E-state index contributed by atoms with van der Waals surface area (Å²) in [5, 5.41) is 8.06. The number of nitrogens with zero attached hydrogens (tertiary/aromatic N) is 3. The molecular formula is C16H18BrN3O3.